The van der Waals surface area contributed by atoms with Gasteiger partial charge in [-0.25, -0.2) is 15.0 Å². The predicted molar refractivity (Wildman–Crippen MR) is 102 cm³/mol. The number of ether oxygens (including phenoxy) is 1. The van der Waals surface area contributed by atoms with E-state index < -0.39 is 18.5 Å². The number of imidazole rings is 1. The molecule has 0 saturated heterocycles. The lowest BCUT2D eigenvalue weighted by Crippen LogP contribution is -2.24. The van der Waals surface area contributed by atoms with Gasteiger partial charge in [0.2, 0.25) is 0 Å². The molecule has 0 atom stereocenters. The van der Waals surface area contributed by atoms with E-state index in [9.17, 15) is 18.0 Å². The van der Waals surface area contributed by atoms with Gasteiger partial charge in [-0.15, -0.1) is 0 Å². The zero-order valence-electron chi connectivity index (χ0n) is 15.9. The number of hydrogen-bond donors (Lipinski definition) is 1. The van der Waals surface area contributed by atoms with Gasteiger partial charge in [0.25, 0.3) is 5.91 Å². The Hall–Kier alpha value is -3.08. The van der Waals surface area contributed by atoms with E-state index >= 15 is 0 Å². The summed E-state index contributed by atoms with van der Waals surface area (Å²) in [4.78, 5) is 25.5. The van der Waals surface area contributed by atoms with Crippen LogP contribution in [0.4, 0.5) is 13.2 Å². The second-order valence-corrected chi connectivity index (χ2v) is 7.05. The zero-order chi connectivity index (χ0) is 21.1. The summed E-state index contributed by atoms with van der Waals surface area (Å²) in [5.74, 6) is 0.0318. The van der Waals surface area contributed by atoms with Crippen LogP contribution in [-0.2, 0) is 4.74 Å². The number of halogens is 3. The Morgan fingerprint density at radius 2 is 2.13 bits per heavy atom. The molecule has 8 nitrogen and oxygen atoms in total. The van der Waals surface area contributed by atoms with Crippen molar-refractivity contribution >= 4 is 22.5 Å². The molecule has 3 aromatic rings. The van der Waals surface area contributed by atoms with Crippen molar-refractivity contribution in [3.63, 3.8) is 0 Å². The number of amides is 1. The van der Waals surface area contributed by atoms with Gasteiger partial charge < -0.3 is 4.74 Å². The fourth-order valence-electron chi connectivity index (χ4n) is 3.36. The van der Waals surface area contributed by atoms with Crippen molar-refractivity contribution < 1.29 is 22.7 Å². The number of nitrogens with zero attached hydrogens (tertiary/aromatic N) is 5. The van der Waals surface area contributed by atoms with E-state index in [1.807, 2.05) is 0 Å². The van der Waals surface area contributed by atoms with E-state index in [1.165, 1.54) is 0 Å². The number of rotatable bonds is 5. The van der Waals surface area contributed by atoms with Crippen LogP contribution in [0.25, 0.3) is 16.7 Å². The quantitative estimate of drug-likeness (QED) is 0.680. The molecule has 3 aromatic heterocycles. The topological polar surface area (TPSA) is 98.1 Å². The third kappa shape index (κ3) is 4.73. The van der Waals surface area contributed by atoms with E-state index in [1.54, 1.807) is 35.6 Å². The highest BCUT2D eigenvalue weighted by atomic mass is 19.4. The number of fused-ring (bicyclic) bond motifs is 1. The van der Waals surface area contributed by atoms with Crippen LogP contribution in [0.3, 0.4) is 0 Å². The number of nitrogens with one attached hydrogen (secondary N) is 1. The maximum atomic E-state index is 12.8. The van der Waals surface area contributed by atoms with Gasteiger partial charge in [-0.1, -0.05) is 0 Å². The van der Waals surface area contributed by atoms with Crippen LogP contribution in [0, 0.1) is 0 Å². The summed E-state index contributed by atoms with van der Waals surface area (Å²) in [5, 5.41) is 7.49. The minimum absolute atomic E-state index is 0.157. The number of pyridine rings is 1. The van der Waals surface area contributed by atoms with E-state index in [2.05, 4.69) is 25.2 Å². The Balaban J connectivity index is 1.45. The lowest BCUT2D eigenvalue weighted by atomic mass is 9.95. The Labute approximate surface area is 169 Å². The van der Waals surface area contributed by atoms with Crippen molar-refractivity contribution in [1.82, 2.24) is 24.7 Å². The Morgan fingerprint density at radius 3 is 2.83 bits per heavy atom. The Morgan fingerprint density at radius 1 is 1.33 bits per heavy atom. The van der Waals surface area contributed by atoms with Gasteiger partial charge in [-0.05, 0) is 31.7 Å². The average molecular weight is 420 g/mol. The third-order valence-corrected chi connectivity index (χ3v) is 4.90. The number of aliphatic imine (C=N–C) groups is 1. The highest BCUT2D eigenvalue weighted by Crippen LogP contribution is 2.24. The molecule has 158 valence electrons. The lowest BCUT2D eigenvalue weighted by molar-refractivity contribution is -0.149. The van der Waals surface area contributed by atoms with Crippen molar-refractivity contribution in [2.75, 3.05) is 6.61 Å². The van der Waals surface area contributed by atoms with Gasteiger partial charge in [0, 0.05) is 23.5 Å². The van der Waals surface area contributed by atoms with Gasteiger partial charge in [0.1, 0.15) is 12.1 Å². The first kappa shape index (κ1) is 20.2. The highest BCUT2D eigenvalue weighted by molar-refractivity contribution is 6.09. The summed E-state index contributed by atoms with van der Waals surface area (Å²) in [5.41, 5.74) is 1.35. The van der Waals surface area contributed by atoms with Gasteiger partial charge >= 0.3 is 6.18 Å². The van der Waals surface area contributed by atoms with Crippen molar-refractivity contribution in [3.8, 4) is 5.82 Å². The number of carbonyl (C=O) groups is 1. The Kier molecular flexibility index (Phi) is 5.62. The summed E-state index contributed by atoms with van der Waals surface area (Å²) in [6.07, 6.45) is 3.14. The van der Waals surface area contributed by atoms with Crippen LogP contribution in [0.1, 0.15) is 42.6 Å². The van der Waals surface area contributed by atoms with Crippen LogP contribution in [0.5, 0.6) is 0 Å². The molecule has 3 heterocycles. The van der Waals surface area contributed by atoms with Crippen LogP contribution < -0.4 is 0 Å². The molecule has 0 radical (unpaired) electrons. The molecule has 0 aliphatic heterocycles. The van der Waals surface area contributed by atoms with Crippen molar-refractivity contribution in [2.45, 2.75) is 44.4 Å². The van der Waals surface area contributed by atoms with Crippen LogP contribution in [0.2, 0.25) is 0 Å². The number of H-pyrrole nitrogens is 1. The monoisotopic (exact) mass is 420 g/mol. The van der Waals surface area contributed by atoms with E-state index in [0.29, 0.717) is 42.7 Å². The number of aromatic amines is 1. The second kappa shape index (κ2) is 8.34. The molecule has 11 heteroatoms. The summed E-state index contributed by atoms with van der Waals surface area (Å²) in [6, 6.07) is 1.79. The van der Waals surface area contributed by atoms with Gasteiger partial charge in [0.15, 0.2) is 5.69 Å². The maximum Gasteiger partial charge on any atom is 0.391 e. The van der Waals surface area contributed by atoms with E-state index in [0.717, 1.165) is 5.39 Å². The minimum Gasteiger partial charge on any atom is -0.378 e. The fraction of sp³-hybridized carbons (Fsp3) is 0.421. The fourth-order valence-corrected chi connectivity index (χ4v) is 3.36. The maximum absolute atomic E-state index is 12.8. The number of aromatic nitrogens is 5. The smallest absolute Gasteiger partial charge is 0.378 e. The molecule has 0 bridgehead atoms. The molecule has 1 saturated carbocycles. The molecule has 0 unspecified atom stereocenters. The van der Waals surface area contributed by atoms with Crippen LogP contribution in [0.15, 0.2) is 36.0 Å². The number of alkyl halides is 3. The average Bonchev–Trinajstić information content (AvgIpc) is 3.39. The summed E-state index contributed by atoms with van der Waals surface area (Å²) >= 11 is 0. The summed E-state index contributed by atoms with van der Waals surface area (Å²) in [6.45, 7) is -0.345. The summed E-state index contributed by atoms with van der Waals surface area (Å²) < 4.78 is 43.7. The molecule has 0 aromatic carbocycles. The zero-order valence-corrected chi connectivity index (χ0v) is 15.9. The second-order valence-electron chi connectivity index (χ2n) is 7.05. The molecule has 30 heavy (non-hydrogen) atoms. The molecule has 1 N–H and O–H groups in total. The van der Waals surface area contributed by atoms with E-state index in [-0.39, 0.29) is 18.4 Å². The standard InChI is InChI=1S/C19H19F3N6O2/c20-19(21,22)5-8-30-14-3-1-13(2-4-14)25-18(29)17-16-12(10-24-27-16)9-15(26-17)28-7-6-23-11-28/h6-7,9-11,14H,1-5,8H2,(H,24,27). The number of carbonyl (C=O) groups excluding carboxylic acids is 1. The largest absolute Gasteiger partial charge is 0.391 e. The first-order valence-electron chi connectivity index (χ1n) is 9.50. The third-order valence-electron chi connectivity index (χ3n) is 4.90. The van der Waals surface area contributed by atoms with Crippen molar-refractivity contribution in [2.24, 2.45) is 4.99 Å². The molecule has 0 spiro atoms. The molecule has 1 aliphatic rings. The van der Waals surface area contributed by atoms with Crippen LogP contribution >= 0.6 is 0 Å². The summed E-state index contributed by atoms with van der Waals surface area (Å²) in [7, 11) is 0. The minimum atomic E-state index is -4.22. The van der Waals surface area contributed by atoms with Crippen molar-refractivity contribution in [3.05, 3.63) is 36.7 Å². The van der Waals surface area contributed by atoms with Crippen molar-refractivity contribution in [1.29, 1.82) is 0 Å². The van der Waals surface area contributed by atoms with Gasteiger partial charge in [-0.3, -0.25) is 14.5 Å². The molecule has 1 fully saturated rings. The first-order chi connectivity index (χ1) is 14.4. The normalized spacial score (nSPS) is 17.4. The molecular formula is C19H19F3N6O2. The molecule has 1 amide bonds. The van der Waals surface area contributed by atoms with Gasteiger partial charge in [-0.2, -0.15) is 18.3 Å². The lowest BCUT2D eigenvalue weighted by Gasteiger charge is -2.23. The predicted octanol–water partition coefficient (Wildman–Crippen LogP) is 3.64. The van der Waals surface area contributed by atoms with Gasteiger partial charge in [0.05, 0.1) is 30.8 Å². The first-order valence-corrected chi connectivity index (χ1v) is 9.50. The molecular weight excluding hydrogens is 401 g/mol. The van der Waals surface area contributed by atoms with E-state index in [4.69, 9.17) is 4.74 Å². The number of hydrogen-bond acceptors (Lipinski definition) is 5. The highest BCUT2D eigenvalue weighted by Gasteiger charge is 2.28. The molecule has 4 rings (SSSR count). The SMILES string of the molecule is O=C(N=C1CCC(OCCC(F)(F)F)CC1)c1nc(-n2ccnc2)cc2cn[nH]c12. The Bertz CT molecular complexity index is 1050. The van der Waals surface area contributed by atoms with Crippen LogP contribution in [-0.4, -0.2) is 55.2 Å². The molecule has 1 aliphatic carbocycles.